The van der Waals surface area contributed by atoms with Gasteiger partial charge in [0, 0.05) is 25.2 Å². The van der Waals surface area contributed by atoms with E-state index >= 15 is 0 Å². The number of amides is 1. The van der Waals surface area contributed by atoms with E-state index in [1.54, 1.807) is 43.5 Å². The summed E-state index contributed by atoms with van der Waals surface area (Å²) in [5, 5.41) is 0. The molecule has 1 aliphatic rings. The van der Waals surface area contributed by atoms with Gasteiger partial charge in [-0.2, -0.15) is 4.99 Å². The third-order valence-electron chi connectivity index (χ3n) is 5.82. The lowest BCUT2D eigenvalue weighted by molar-refractivity contribution is 0.0342. The maximum absolute atomic E-state index is 12.0. The normalized spacial score (nSPS) is 14.3. The van der Waals surface area contributed by atoms with Crippen LogP contribution in [0.1, 0.15) is 22.3 Å². The lowest BCUT2D eigenvalue weighted by Gasteiger charge is -2.26. The Morgan fingerprint density at radius 3 is 2.11 bits per heavy atom. The van der Waals surface area contributed by atoms with Crippen molar-refractivity contribution in [3.8, 4) is 11.5 Å². The van der Waals surface area contributed by atoms with Crippen molar-refractivity contribution in [1.29, 1.82) is 0 Å². The Balaban J connectivity index is 1.23. The van der Waals surface area contributed by atoms with Crippen LogP contribution in [0.3, 0.4) is 0 Å². The summed E-state index contributed by atoms with van der Waals surface area (Å²) < 4.78 is 21.6. The van der Waals surface area contributed by atoms with Crippen molar-refractivity contribution in [1.82, 2.24) is 4.90 Å². The third-order valence-corrected chi connectivity index (χ3v) is 5.82. The van der Waals surface area contributed by atoms with Gasteiger partial charge in [-0.25, -0.2) is 4.79 Å². The molecular weight excluding hydrogens is 458 g/mol. The molecule has 0 aliphatic carbocycles. The summed E-state index contributed by atoms with van der Waals surface area (Å²) in [4.78, 5) is 18.3. The highest BCUT2D eigenvalue weighted by atomic mass is 16.5. The van der Waals surface area contributed by atoms with Crippen LogP contribution in [0.15, 0.2) is 77.8 Å². The number of ether oxygens (including phenoxy) is 4. The number of hydrogen-bond donors (Lipinski definition) is 1. The van der Waals surface area contributed by atoms with Crippen LogP contribution in [-0.2, 0) is 29.2 Å². The van der Waals surface area contributed by atoms with Crippen LogP contribution >= 0.6 is 0 Å². The molecule has 4 rings (SSSR count). The number of amidine groups is 1. The fourth-order valence-electron chi connectivity index (χ4n) is 3.71. The molecule has 1 heterocycles. The largest absolute Gasteiger partial charge is 0.497 e. The Morgan fingerprint density at radius 1 is 0.861 bits per heavy atom. The first-order chi connectivity index (χ1) is 17.6. The third kappa shape index (κ3) is 7.56. The molecule has 8 nitrogen and oxygen atoms in total. The first-order valence-electron chi connectivity index (χ1n) is 11.8. The molecule has 0 bridgehead atoms. The van der Waals surface area contributed by atoms with Gasteiger partial charge in [0.25, 0.3) is 0 Å². The molecule has 0 spiro atoms. The van der Waals surface area contributed by atoms with Gasteiger partial charge in [-0.3, -0.25) is 4.90 Å². The minimum Gasteiger partial charge on any atom is -0.497 e. The van der Waals surface area contributed by atoms with E-state index in [-0.39, 0.29) is 12.4 Å². The number of benzene rings is 3. The fraction of sp³-hybridized carbons (Fsp3) is 0.286. The molecule has 0 unspecified atom stereocenters. The number of carbonyl (C=O) groups excluding carboxylic acids is 1. The minimum atomic E-state index is -0.749. The summed E-state index contributed by atoms with van der Waals surface area (Å²) >= 11 is 0. The quantitative estimate of drug-likeness (QED) is 0.356. The molecule has 0 aromatic heterocycles. The van der Waals surface area contributed by atoms with E-state index in [9.17, 15) is 4.79 Å². The van der Waals surface area contributed by atoms with Crippen LogP contribution in [0.2, 0.25) is 0 Å². The van der Waals surface area contributed by atoms with E-state index in [2.05, 4.69) is 34.2 Å². The maximum atomic E-state index is 12.0. The van der Waals surface area contributed by atoms with Gasteiger partial charge in [0.15, 0.2) is 0 Å². The van der Waals surface area contributed by atoms with Gasteiger partial charge < -0.3 is 24.7 Å². The molecule has 3 aromatic carbocycles. The first kappa shape index (κ1) is 25.2. The van der Waals surface area contributed by atoms with Gasteiger partial charge in [0.1, 0.15) is 30.5 Å². The van der Waals surface area contributed by atoms with E-state index in [1.165, 1.54) is 5.56 Å². The highest BCUT2D eigenvalue weighted by molar-refractivity contribution is 6.02. The van der Waals surface area contributed by atoms with Gasteiger partial charge in [-0.1, -0.05) is 36.4 Å². The van der Waals surface area contributed by atoms with Gasteiger partial charge in [-0.05, 0) is 53.1 Å². The van der Waals surface area contributed by atoms with Crippen LogP contribution in [0.25, 0.3) is 0 Å². The van der Waals surface area contributed by atoms with Gasteiger partial charge in [0.2, 0.25) is 0 Å². The van der Waals surface area contributed by atoms with Gasteiger partial charge >= 0.3 is 6.09 Å². The number of morpholine rings is 1. The second-order valence-electron chi connectivity index (χ2n) is 8.42. The maximum Gasteiger partial charge on any atom is 0.435 e. The number of carbonyl (C=O) groups is 1. The molecule has 1 amide bonds. The number of aliphatic imine (C=N–C) groups is 1. The Morgan fingerprint density at radius 2 is 1.44 bits per heavy atom. The van der Waals surface area contributed by atoms with Crippen LogP contribution in [0, 0.1) is 0 Å². The average molecular weight is 490 g/mol. The summed E-state index contributed by atoms with van der Waals surface area (Å²) in [6, 6.07) is 22.8. The zero-order valence-electron chi connectivity index (χ0n) is 20.4. The molecule has 0 saturated carbocycles. The predicted molar refractivity (Wildman–Crippen MR) is 137 cm³/mol. The van der Waals surface area contributed by atoms with Crippen LogP contribution in [0.5, 0.6) is 11.5 Å². The standard InChI is InChI=1S/C28H31N3O5/c1-33-25-10-6-23(7-11-25)20-36-28(32)30-27(29)24-8-12-26(13-9-24)35-19-22-4-2-21(3-5-22)18-31-14-16-34-17-15-31/h2-13H,14-20H2,1H3,(H2,29,30,32). The summed E-state index contributed by atoms with van der Waals surface area (Å²) in [5.41, 5.74) is 9.78. The highest BCUT2D eigenvalue weighted by Crippen LogP contribution is 2.16. The highest BCUT2D eigenvalue weighted by Gasteiger charge is 2.10. The second kappa shape index (κ2) is 12.7. The van der Waals surface area contributed by atoms with Gasteiger partial charge in [0.05, 0.1) is 20.3 Å². The number of methoxy groups -OCH3 is 1. The van der Waals surface area contributed by atoms with E-state index in [0.29, 0.717) is 17.9 Å². The predicted octanol–water partition coefficient (Wildman–Crippen LogP) is 4.15. The van der Waals surface area contributed by atoms with Crippen molar-refractivity contribution < 1.29 is 23.7 Å². The van der Waals surface area contributed by atoms with Crippen molar-refractivity contribution >= 4 is 11.9 Å². The van der Waals surface area contributed by atoms with Crippen LogP contribution in [-0.4, -0.2) is 50.2 Å². The molecule has 1 fully saturated rings. The second-order valence-corrected chi connectivity index (χ2v) is 8.42. The van der Waals surface area contributed by atoms with E-state index < -0.39 is 6.09 Å². The molecule has 3 aromatic rings. The lowest BCUT2D eigenvalue weighted by atomic mass is 10.1. The van der Waals surface area contributed by atoms with E-state index in [0.717, 1.165) is 49.7 Å². The smallest absolute Gasteiger partial charge is 0.435 e. The van der Waals surface area contributed by atoms with Gasteiger partial charge in [-0.15, -0.1) is 0 Å². The summed E-state index contributed by atoms with van der Waals surface area (Å²) in [7, 11) is 1.59. The molecule has 8 heteroatoms. The summed E-state index contributed by atoms with van der Waals surface area (Å²) in [5.74, 6) is 1.51. The molecule has 188 valence electrons. The number of nitrogens with two attached hydrogens (primary N) is 1. The Hall–Kier alpha value is -3.88. The SMILES string of the molecule is COc1ccc(COC(=O)/N=C(/N)c2ccc(OCc3ccc(CN4CCOCC4)cc3)cc2)cc1. The molecule has 0 atom stereocenters. The molecule has 0 radical (unpaired) electrons. The van der Waals surface area contributed by atoms with Crippen molar-refractivity contribution in [2.24, 2.45) is 10.7 Å². The van der Waals surface area contributed by atoms with Crippen molar-refractivity contribution in [2.45, 2.75) is 19.8 Å². The fourth-order valence-corrected chi connectivity index (χ4v) is 3.71. The zero-order valence-corrected chi connectivity index (χ0v) is 20.4. The molecule has 1 saturated heterocycles. The minimum absolute atomic E-state index is 0.0807. The Labute approximate surface area is 211 Å². The molecular formula is C28H31N3O5. The molecule has 36 heavy (non-hydrogen) atoms. The Bertz CT molecular complexity index is 1140. The molecule has 2 N–H and O–H groups in total. The first-order valence-corrected chi connectivity index (χ1v) is 11.8. The van der Waals surface area contributed by atoms with Crippen molar-refractivity contribution in [3.05, 3.63) is 95.1 Å². The topological polar surface area (TPSA) is 95.6 Å². The molecule has 1 aliphatic heterocycles. The van der Waals surface area contributed by atoms with Crippen LogP contribution in [0.4, 0.5) is 4.79 Å². The monoisotopic (exact) mass is 489 g/mol. The van der Waals surface area contributed by atoms with Crippen LogP contribution < -0.4 is 15.2 Å². The number of nitrogens with zero attached hydrogens (tertiary/aromatic N) is 2. The average Bonchev–Trinajstić information content (AvgIpc) is 2.92. The van der Waals surface area contributed by atoms with E-state index in [1.807, 2.05) is 12.1 Å². The number of rotatable bonds is 9. The Kier molecular flexibility index (Phi) is 8.91. The van der Waals surface area contributed by atoms with Crippen molar-refractivity contribution in [3.63, 3.8) is 0 Å². The summed E-state index contributed by atoms with van der Waals surface area (Å²) in [6.07, 6.45) is -0.749. The summed E-state index contributed by atoms with van der Waals surface area (Å²) in [6.45, 7) is 5.04. The van der Waals surface area contributed by atoms with Crippen molar-refractivity contribution in [2.75, 3.05) is 33.4 Å². The number of hydrogen-bond acceptors (Lipinski definition) is 6. The lowest BCUT2D eigenvalue weighted by Crippen LogP contribution is -2.35. The van der Waals surface area contributed by atoms with E-state index in [4.69, 9.17) is 24.7 Å². The zero-order chi connectivity index (χ0) is 25.2.